The smallest absolute Gasteiger partial charge is 0.335 e. The first kappa shape index (κ1) is 19.6. The van der Waals surface area contributed by atoms with Gasteiger partial charge in [0.25, 0.3) is 0 Å². The van der Waals surface area contributed by atoms with Crippen LogP contribution in [0.1, 0.15) is 45.1 Å². The average molecular weight is 398 g/mol. The molecule has 0 radical (unpaired) electrons. The van der Waals surface area contributed by atoms with Gasteiger partial charge in [-0.15, -0.1) is 0 Å². The van der Waals surface area contributed by atoms with E-state index in [0.29, 0.717) is 11.1 Å². The van der Waals surface area contributed by atoms with Crippen molar-refractivity contribution in [3.63, 3.8) is 0 Å². The van der Waals surface area contributed by atoms with Crippen molar-refractivity contribution < 1.29 is 19.4 Å². The molecule has 0 fully saturated rings. The second kappa shape index (κ2) is 7.64. The minimum absolute atomic E-state index is 0.176. The van der Waals surface area contributed by atoms with E-state index in [0.717, 1.165) is 35.1 Å². The van der Waals surface area contributed by atoms with E-state index in [1.807, 2.05) is 36.4 Å². The number of esters is 1. The van der Waals surface area contributed by atoms with Crippen molar-refractivity contribution in [2.75, 3.05) is 0 Å². The summed E-state index contributed by atoms with van der Waals surface area (Å²) < 4.78 is 6.27. The lowest BCUT2D eigenvalue weighted by Gasteiger charge is -2.36. The Morgan fingerprint density at radius 3 is 1.83 bits per heavy atom. The molecule has 1 N–H and O–H groups in total. The molecule has 4 rings (SSSR count). The summed E-state index contributed by atoms with van der Waals surface area (Å²) in [5.74, 6) is -1.50. The van der Waals surface area contributed by atoms with Crippen LogP contribution in [0.3, 0.4) is 0 Å². The molecule has 0 amide bonds. The summed E-state index contributed by atoms with van der Waals surface area (Å²) >= 11 is 0. The molecule has 1 aliphatic rings. The van der Waals surface area contributed by atoms with E-state index in [2.05, 4.69) is 18.7 Å². The summed E-state index contributed by atoms with van der Waals surface area (Å²) in [7, 11) is 0. The number of hydrogen-bond acceptors (Lipinski definition) is 3. The second-order valence-electron chi connectivity index (χ2n) is 7.55. The molecule has 0 unspecified atom stereocenters. The van der Waals surface area contributed by atoms with Gasteiger partial charge >= 0.3 is 11.9 Å². The number of rotatable bonds is 4. The van der Waals surface area contributed by atoms with Gasteiger partial charge in [-0.3, -0.25) is 0 Å². The number of benzene rings is 3. The minimum atomic E-state index is -1.20. The average Bonchev–Trinajstić information content (AvgIpc) is 2.90. The van der Waals surface area contributed by atoms with Gasteiger partial charge in [-0.05, 0) is 43.0 Å². The molecule has 3 aromatic rings. The first-order valence-corrected chi connectivity index (χ1v) is 9.83. The number of carbonyl (C=O) groups is 2. The quantitative estimate of drug-likeness (QED) is 0.502. The molecule has 0 aromatic heterocycles. The molecule has 30 heavy (non-hydrogen) atoms. The van der Waals surface area contributed by atoms with E-state index in [1.54, 1.807) is 31.2 Å². The number of fused-ring (bicyclic) bond motifs is 2. The zero-order valence-electron chi connectivity index (χ0n) is 16.7. The van der Waals surface area contributed by atoms with Gasteiger partial charge in [0.1, 0.15) is 0 Å². The monoisotopic (exact) mass is 398 g/mol. The second-order valence-corrected chi connectivity index (χ2v) is 7.55. The van der Waals surface area contributed by atoms with Crippen LogP contribution in [0, 0.1) is 0 Å². The summed E-state index contributed by atoms with van der Waals surface area (Å²) in [6.07, 6.45) is 1.62. The van der Waals surface area contributed by atoms with E-state index in [9.17, 15) is 14.7 Å². The van der Waals surface area contributed by atoms with Crippen LogP contribution in [0.15, 0.2) is 84.9 Å². The Hall–Kier alpha value is -3.66. The third kappa shape index (κ3) is 3.20. The van der Waals surface area contributed by atoms with Crippen molar-refractivity contribution in [1.29, 1.82) is 0 Å². The predicted octanol–water partition coefficient (Wildman–Crippen LogP) is 4.89. The molecule has 4 nitrogen and oxygen atoms in total. The zero-order chi connectivity index (χ0) is 21.3. The number of hydrogen-bond donors (Lipinski definition) is 1. The van der Waals surface area contributed by atoms with Crippen LogP contribution in [0.4, 0.5) is 0 Å². The molecule has 150 valence electrons. The van der Waals surface area contributed by atoms with Crippen LogP contribution in [0.5, 0.6) is 0 Å². The lowest BCUT2D eigenvalue weighted by atomic mass is 9.77. The van der Waals surface area contributed by atoms with Crippen LogP contribution in [-0.4, -0.2) is 17.0 Å². The van der Waals surface area contributed by atoms with Gasteiger partial charge in [-0.25, -0.2) is 9.59 Å². The van der Waals surface area contributed by atoms with Crippen molar-refractivity contribution in [1.82, 2.24) is 0 Å². The van der Waals surface area contributed by atoms with Gasteiger partial charge < -0.3 is 9.84 Å². The molecule has 0 atom stereocenters. The fourth-order valence-corrected chi connectivity index (χ4v) is 4.13. The van der Waals surface area contributed by atoms with E-state index in [4.69, 9.17) is 4.74 Å². The van der Waals surface area contributed by atoms with Crippen LogP contribution in [0.25, 0.3) is 0 Å². The number of carbonyl (C=O) groups excluding carboxylic acids is 1. The number of aryl methyl sites for hydroxylation is 2. The van der Waals surface area contributed by atoms with Crippen molar-refractivity contribution in [2.45, 2.75) is 25.4 Å². The Bertz CT molecular complexity index is 1090. The van der Waals surface area contributed by atoms with Crippen molar-refractivity contribution in [2.24, 2.45) is 0 Å². The molecule has 4 heteroatoms. The number of carboxylic acids is 1. The Kier molecular flexibility index (Phi) is 5.00. The molecule has 0 saturated carbocycles. The molecular weight excluding hydrogens is 376 g/mol. The highest BCUT2D eigenvalue weighted by molar-refractivity contribution is 5.89. The number of ether oxygens (including phenoxy) is 1. The number of aromatic carboxylic acids is 1. The van der Waals surface area contributed by atoms with Crippen molar-refractivity contribution >= 4 is 11.9 Å². The highest BCUT2D eigenvalue weighted by Crippen LogP contribution is 2.46. The third-order valence-electron chi connectivity index (χ3n) is 5.59. The first-order valence-electron chi connectivity index (χ1n) is 9.83. The van der Waals surface area contributed by atoms with Crippen LogP contribution in [-0.2, 0) is 28.0 Å². The Morgan fingerprint density at radius 2 is 1.37 bits per heavy atom. The fourth-order valence-electron chi connectivity index (χ4n) is 4.13. The minimum Gasteiger partial charge on any atom is -0.478 e. The summed E-state index contributed by atoms with van der Waals surface area (Å²) in [6.45, 7) is 5.39. The van der Waals surface area contributed by atoms with E-state index in [1.165, 1.54) is 0 Å². The Labute approximate surface area is 175 Å². The van der Waals surface area contributed by atoms with Crippen LogP contribution in [0.2, 0.25) is 0 Å². The predicted molar refractivity (Wildman–Crippen MR) is 114 cm³/mol. The van der Waals surface area contributed by atoms with Crippen LogP contribution >= 0.6 is 0 Å². The summed E-state index contributed by atoms with van der Waals surface area (Å²) in [5, 5.41) is 9.33. The number of carboxylic acid groups (broad SMARTS) is 1. The zero-order valence-corrected chi connectivity index (χ0v) is 16.7. The highest BCUT2D eigenvalue weighted by Gasteiger charge is 2.44. The third-order valence-corrected chi connectivity index (χ3v) is 5.59. The van der Waals surface area contributed by atoms with E-state index < -0.39 is 17.5 Å². The van der Waals surface area contributed by atoms with Crippen molar-refractivity contribution in [3.8, 4) is 0 Å². The van der Waals surface area contributed by atoms with E-state index >= 15 is 0 Å². The maximum atomic E-state index is 12.9. The molecule has 0 bridgehead atoms. The molecule has 1 aliphatic carbocycles. The molecule has 0 saturated heterocycles. The molecule has 0 aliphatic heterocycles. The lowest BCUT2D eigenvalue weighted by molar-refractivity contribution is -0.148. The van der Waals surface area contributed by atoms with Gasteiger partial charge in [-0.2, -0.15) is 0 Å². The normalized spacial score (nSPS) is 14.0. The molecule has 3 aromatic carbocycles. The highest BCUT2D eigenvalue weighted by atomic mass is 16.6. The Morgan fingerprint density at radius 1 is 0.867 bits per heavy atom. The fraction of sp³-hybridized carbons (Fsp3) is 0.154. The van der Waals surface area contributed by atoms with Crippen LogP contribution < -0.4 is 0 Å². The largest absolute Gasteiger partial charge is 0.478 e. The topological polar surface area (TPSA) is 63.6 Å². The SMILES string of the molecule is C=C(C)C(=O)OC1(c2ccc(C(=O)O)cc2)c2ccccc2CCc2ccccc21. The van der Waals surface area contributed by atoms with Gasteiger partial charge in [0.15, 0.2) is 5.60 Å². The maximum absolute atomic E-state index is 12.9. The lowest BCUT2D eigenvalue weighted by Crippen LogP contribution is -2.36. The summed E-state index contributed by atoms with van der Waals surface area (Å²) in [5.41, 5.74) is 3.92. The maximum Gasteiger partial charge on any atom is 0.335 e. The molecular formula is C26H22O4. The van der Waals surface area contributed by atoms with Gasteiger partial charge in [-0.1, -0.05) is 67.2 Å². The van der Waals surface area contributed by atoms with Gasteiger partial charge in [0.2, 0.25) is 0 Å². The molecule has 0 spiro atoms. The van der Waals surface area contributed by atoms with Gasteiger partial charge in [0.05, 0.1) is 5.56 Å². The van der Waals surface area contributed by atoms with Gasteiger partial charge in [0, 0.05) is 22.3 Å². The molecule has 0 heterocycles. The standard InChI is InChI=1S/C26H22O4/c1-17(2)25(29)30-26(21-15-13-20(14-16-21)24(27)28)22-9-5-3-7-18(22)11-12-19-8-4-6-10-23(19)26/h3-10,13-16H,1,11-12H2,2H3,(H,27,28). The first-order chi connectivity index (χ1) is 14.4. The van der Waals surface area contributed by atoms with Crippen molar-refractivity contribution in [3.05, 3.63) is 118 Å². The summed E-state index contributed by atoms with van der Waals surface area (Å²) in [6, 6.07) is 22.4. The summed E-state index contributed by atoms with van der Waals surface area (Å²) in [4.78, 5) is 24.3. The van der Waals surface area contributed by atoms with E-state index in [-0.39, 0.29) is 5.56 Å². The Balaban J connectivity index is 2.07.